The molecule has 248 valence electrons. The molecule has 5 unspecified atom stereocenters. The Bertz CT molecular complexity index is 1400. The lowest BCUT2D eigenvalue weighted by Gasteiger charge is -2.28. The number of carbonyl (C=O) groups is 1. The van der Waals surface area contributed by atoms with Crippen molar-refractivity contribution >= 4 is 16.9 Å². The minimum absolute atomic E-state index is 0.0661. The van der Waals surface area contributed by atoms with Crippen LogP contribution in [0.3, 0.4) is 0 Å². The van der Waals surface area contributed by atoms with Gasteiger partial charge >= 0.3 is 5.97 Å². The van der Waals surface area contributed by atoms with Gasteiger partial charge in [-0.05, 0) is 37.5 Å². The molecule has 0 saturated carbocycles. The second-order valence-corrected chi connectivity index (χ2v) is 10.8. The first-order valence-electron chi connectivity index (χ1n) is 15.2. The van der Waals surface area contributed by atoms with Crippen molar-refractivity contribution in [3.05, 3.63) is 52.9 Å². The molecule has 0 spiro atoms. The number of aromatic hydroxyl groups is 1. The van der Waals surface area contributed by atoms with E-state index in [0.29, 0.717) is 12.0 Å². The Morgan fingerprint density at radius 1 is 0.933 bits per heavy atom. The first-order valence-corrected chi connectivity index (χ1v) is 15.2. The number of carbonyl (C=O) groups excluding carboxylic acids is 1. The first kappa shape index (κ1) is 35.8. The lowest BCUT2D eigenvalue weighted by molar-refractivity contribution is -0.190. The van der Waals surface area contributed by atoms with Gasteiger partial charge in [0.15, 0.2) is 6.10 Å². The number of rotatable bonds is 19. The van der Waals surface area contributed by atoms with Crippen LogP contribution in [0.4, 0.5) is 0 Å². The molecule has 0 fully saturated rings. The zero-order chi connectivity index (χ0) is 32.9. The standard InChI is InChI=1S/C33H44O12/c1-4-5-6-7-8-9-10-26(32(40)41-3)44-23-17-25(36)28-27(18-23)43-19-24(30(28)38)21-11-13-22(14-12-21)45-33(42-16-15-34)31(39)29(37)20(2)35/h11-14,17-20,26,29,31,33-37,39H,4-10,15-16H2,1-3H3. The number of ether oxygens (including phenoxy) is 4. The van der Waals surface area contributed by atoms with Crippen molar-refractivity contribution in [2.45, 2.75) is 89.5 Å². The van der Waals surface area contributed by atoms with Crippen molar-refractivity contribution in [3.63, 3.8) is 0 Å². The van der Waals surface area contributed by atoms with Crippen LogP contribution >= 0.6 is 0 Å². The predicted octanol–water partition coefficient (Wildman–Crippen LogP) is 3.65. The van der Waals surface area contributed by atoms with Crippen molar-refractivity contribution in [2.24, 2.45) is 0 Å². The van der Waals surface area contributed by atoms with Crippen molar-refractivity contribution in [3.8, 4) is 28.4 Å². The van der Waals surface area contributed by atoms with E-state index in [1.807, 2.05) is 0 Å². The predicted molar refractivity (Wildman–Crippen MR) is 165 cm³/mol. The topological polar surface area (TPSA) is 185 Å². The molecule has 3 rings (SSSR count). The molecule has 0 saturated heterocycles. The Morgan fingerprint density at radius 3 is 2.27 bits per heavy atom. The van der Waals surface area contributed by atoms with Crippen LogP contribution in [-0.4, -0.2) is 82.5 Å². The summed E-state index contributed by atoms with van der Waals surface area (Å²) in [6, 6.07) is 8.77. The summed E-state index contributed by atoms with van der Waals surface area (Å²) in [6.45, 7) is 2.89. The second-order valence-electron chi connectivity index (χ2n) is 10.8. The molecule has 12 nitrogen and oxygen atoms in total. The minimum Gasteiger partial charge on any atom is -0.507 e. The van der Waals surface area contributed by atoms with E-state index in [2.05, 4.69) is 6.92 Å². The van der Waals surface area contributed by atoms with Gasteiger partial charge < -0.3 is 48.9 Å². The highest BCUT2D eigenvalue weighted by atomic mass is 16.7. The van der Waals surface area contributed by atoms with Crippen molar-refractivity contribution in [1.29, 1.82) is 0 Å². The minimum atomic E-state index is -1.63. The third-order valence-electron chi connectivity index (χ3n) is 7.31. The van der Waals surface area contributed by atoms with Gasteiger partial charge in [0.1, 0.15) is 46.7 Å². The van der Waals surface area contributed by atoms with E-state index in [4.69, 9.17) is 28.5 Å². The molecule has 2 aromatic carbocycles. The molecule has 45 heavy (non-hydrogen) atoms. The van der Waals surface area contributed by atoms with E-state index in [-0.39, 0.29) is 47.0 Å². The van der Waals surface area contributed by atoms with Gasteiger partial charge in [-0.25, -0.2) is 4.79 Å². The average molecular weight is 633 g/mol. The fraction of sp³-hybridized carbons (Fsp3) is 0.515. The van der Waals surface area contributed by atoms with Crippen LogP contribution in [-0.2, 0) is 14.3 Å². The van der Waals surface area contributed by atoms with Gasteiger partial charge in [0.05, 0.1) is 32.0 Å². The van der Waals surface area contributed by atoms with Gasteiger partial charge in [0, 0.05) is 12.1 Å². The monoisotopic (exact) mass is 632 g/mol. The quantitative estimate of drug-likeness (QED) is 0.0735. The SMILES string of the molecule is CCCCCCCCC(Oc1cc(O)c2c(=O)c(-c3ccc(OC(OCCO)C(O)C(O)C(C)O)cc3)coc2c1)C(=O)OC. The molecule has 1 aromatic heterocycles. The summed E-state index contributed by atoms with van der Waals surface area (Å²) in [5, 5.41) is 49.8. The number of aliphatic hydroxyl groups excluding tert-OH is 4. The molecular formula is C33H44O12. The van der Waals surface area contributed by atoms with E-state index >= 15 is 0 Å². The molecule has 0 amide bonds. The Labute approximate surface area is 261 Å². The Morgan fingerprint density at radius 2 is 1.62 bits per heavy atom. The third kappa shape index (κ3) is 9.90. The van der Waals surface area contributed by atoms with E-state index in [9.17, 15) is 30.0 Å². The summed E-state index contributed by atoms with van der Waals surface area (Å²) in [4.78, 5) is 25.8. The lowest BCUT2D eigenvalue weighted by atomic mass is 10.0. The maximum Gasteiger partial charge on any atom is 0.347 e. The number of methoxy groups -OCH3 is 1. The van der Waals surface area contributed by atoms with E-state index in [0.717, 1.165) is 32.1 Å². The van der Waals surface area contributed by atoms with Gasteiger partial charge in [-0.15, -0.1) is 0 Å². The zero-order valence-corrected chi connectivity index (χ0v) is 25.9. The number of hydrogen-bond donors (Lipinski definition) is 5. The fourth-order valence-corrected chi connectivity index (χ4v) is 4.77. The number of benzene rings is 2. The van der Waals surface area contributed by atoms with Crippen LogP contribution in [0.1, 0.15) is 58.8 Å². The van der Waals surface area contributed by atoms with Crippen LogP contribution in [0, 0.1) is 0 Å². The van der Waals surface area contributed by atoms with Crippen LogP contribution < -0.4 is 14.9 Å². The molecule has 12 heteroatoms. The van der Waals surface area contributed by atoms with Crippen molar-refractivity contribution < 1.29 is 53.7 Å². The number of hydrogen-bond acceptors (Lipinski definition) is 12. The first-order chi connectivity index (χ1) is 21.6. The fourth-order valence-electron chi connectivity index (χ4n) is 4.77. The van der Waals surface area contributed by atoms with E-state index in [1.54, 1.807) is 12.1 Å². The molecule has 5 atom stereocenters. The molecule has 1 heterocycles. The molecule has 5 N–H and O–H groups in total. The lowest BCUT2D eigenvalue weighted by Crippen LogP contribution is -2.47. The maximum atomic E-state index is 13.4. The van der Waals surface area contributed by atoms with Gasteiger partial charge in [-0.2, -0.15) is 0 Å². The Balaban J connectivity index is 1.78. The van der Waals surface area contributed by atoms with Crippen molar-refractivity contribution in [2.75, 3.05) is 20.3 Å². The van der Waals surface area contributed by atoms with Crippen LogP contribution in [0.15, 0.2) is 51.9 Å². The Hall–Kier alpha value is -3.68. The highest BCUT2D eigenvalue weighted by molar-refractivity contribution is 5.88. The van der Waals surface area contributed by atoms with E-state index in [1.165, 1.54) is 51.0 Å². The molecule has 0 aliphatic carbocycles. The zero-order valence-electron chi connectivity index (χ0n) is 25.9. The number of esters is 1. The second kappa shape index (κ2) is 17.7. The molecule has 0 bridgehead atoms. The average Bonchev–Trinajstić information content (AvgIpc) is 3.03. The molecule has 0 aliphatic heterocycles. The highest BCUT2D eigenvalue weighted by Crippen LogP contribution is 2.32. The summed E-state index contributed by atoms with van der Waals surface area (Å²) < 4.78 is 27.4. The number of aliphatic hydroxyl groups is 4. The number of phenolic OH excluding ortho intramolecular Hbond substituents is 1. The van der Waals surface area contributed by atoms with Gasteiger partial charge in [0.2, 0.25) is 11.7 Å². The van der Waals surface area contributed by atoms with Gasteiger partial charge in [0.25, 0.3) is 0 Å². The highest BCUT2D eigenvalue weighted by Gasteiger charge is 2.32. The van der Waals surface area contributed by atoms with Crippen molar-refractivity contribution in [1.82, 2.24) is 0 Å². The summed E-state index contributed by atoms with van der Waals surface area (Å²) >= 11 is 0. The number of phenols is 1. The normalized spacial score (nSPS) is 14.8. The van der Waals surface area contributed by atoms with Crippen LogP contribution in [0.5, 0.6) is 17.2 Å². The smallest absolute Gasteiger partial charge is 0.347 e. The van der Waals surface area contributed by atoms with Crippen LogP contribution in [0.25, 0.3) is 22.1 Å². The number of fused-ring (bicyclic) bond motifs is 1. The summed E-state index contributed by atoms with van der Waals surface area (Å²) in [5.74, 6) is -0.558. The van der Waals surface area contributed by atoms with Gasteiger partial charge in [-0.3, -0.25) is 4.79 Å². The third-order valence-corrected chi connectivity index (χ3v) is 7.31. The molecular weight excluding hydrogens is 588 g/mol. The molecule has 3 aromatic rings. The summed E-state index contributed by atoms with van der Waals surface area (Å²) in [6.07, 6.45) is 1.18. The van der Waals surface area contributed by atoms with Crippen LogP contribution in [0.2, 0.25) is 0 Å². The van der Waals surface area contributed by atoms with E-state index < -0.39 is 42.1 Å². The Kier molecular flexibility index (Phi) is 14.1. The number of unbranched alkanes of at least 4 members (excludes halogenated alkanes) is 5. The van der Waals surface area contributed by atoms with Gasteiger partial charge in [-0.1, -0.05) is 51.2 Å². The summed E-state index contributed by atoms with van der Waals surface area (Å²) in [7, 11) is 1.28. The maximum absolute atomic E-state index is 13.4. The largest absolute Gasteiger partial charge is 0.507 e. The summed E-state index contributed by atoms with van der Waals surface area (Å²) in [5.41, 5.74) is 0.132. The molecule has 0 radical (unpaired) electrons. The molecule has 0 aliphatic rings.